The summed E-state index contributed by atoms with van der Waals surface area (Å²) < 4.78 is 13.3. The van der Waals surface area contributed by atoms with Crippen molar-refractivity contribution >= 4 is 23.8 Å². The Morgan fingerprint density at radius 2 is 2.03 bits per heavy atom. The molecule has 160 valence electrons. The number of hydrogen-bond donors (Lipinski definition) is 3. The van der Waals surface area contributed by atoms with E-state index in [1.807, 2.05) is 12.1 Å². The molecule has 0 fully saturated rings. The van der Waals surface area contributed by atoms with E-state index in [9.17, 15) is 4.39 Å². The maximum absolute atomic E-state index is 13.3. The topological polar surface area (TPSA) is 82.3 Å². The Balaban J connectivity index is 1.52. The third-order valence-corrected chi connectivity index (χ3v) is 5.74. The number of allylic oxidation sites excluding steroid dienone is 2. The molecule has 0 amide bonds. The normalized spacial score (nSPS) is 15.4. The molecule has 0 atom stereocenters. The molecule has 0 saturated heterocycles. The number of halogens is 1. The van der Waals surface area contributed by atoms with Crippen LogP contribution in [0.15, 0.2) is 59.8 Å². The van der Waals surface area contributed by atoms with E-state index in [0.29, 0.717) is 17.2 Å². The summed E-state index contributed by atoms with van der Waals surface area (Å²) in [7, 11) is 0. The quantitative estimate of drug-likeness (QED) is 0.468. The first kappa shape index (κ1) is 20.1. The number of fused-ring (bicyclic) bond motifs is 1. The third-order valence-electron chi connectivity index (χ3n) is 5.74. The number of hydrogen-bond acceptors (Lipinski definition) is 4. The van der Waals surface area contributed by atoms with E-state index in [-0.39, 0.29) is 5.82 Å². The van der Waals surface area contributed by atoms with Crippen molar-refractivity contribution in [2.45, 2.75) is 13.3 Å². The predicted octanol–water partition coefficient (Wildman–Crippen LogP) is 3.21. The van der Waals surface area contributed by atoms with Crippen molar-refractivity contribution in [3.05, 3.63) is 76.2 Å². The number of pyridine rings is 1. The zero-order chi connectivity index (χ0) is 22.1. The summed E-state index contributed by atoms with van der Waals surface area (Å²) in [4.78, 5) is 12.3. The smallest absolute Gasteiger partial charge is 0.178 e. The molecule has 32 heavy (non-hydrogen) atoms. The molecule has 0 bridgehead atoms. The molecule has 1 aliphatic rings. The van der Waals surface area contributed by atoms with Crippen LogP contribution in [0.4, 0.5) is 4.39 Å². The van der Waals surface area contributed by atoms with E-state index < -0.39 is 0 Å². The van der Waals surface area contributed by atoms with Gasteiger partial charge in [-0.2, -0.15) is 5.10 Å². The van der Waals surface area contributed by atoms with Crippen molar-refractivity contribution in [2.24, 2.45) is 0 Å². The van der Waals surface area contributed by atoms with Gasteiger partial charge in [0.15, 0.2) is 11.5 Å². The molecule has 3 N–H and O–H groups in total. The summed E-state index contributed by atoms with van der Waals surface area (Å²) in [6.45, 7) is 8.25. The molecule has 1 aromatic carbocycles. The Kier molecular flexibility index (Phi) is 5.25. The number of aromatic nitrogens is 5. The molecule has 0 aliphatic carbocycles. The highest BCUT2D eigenvalue weighted by atomic mass is 19.1. The molecule has 5 rings (SSSR count). The van der Waals surface area contributed by atoms with Crippen molar-refractivity contribution < 1.29 is 4.39 Å². The summed E-state index contributed by atoms with van der Waals surface area (Å²) in [5.41, 5.74) is 6.37. The number of nitrogens with one attached hydrogen (secondary N) is 3. The fourth-order valence-corrected chi connectivity index (χ4v) is 3.90. The van der Waals surface area contributed by atoms with Crippen molar-refractivity contribution in [3.8, 4) is 22.6 Å². The van der Waals surface area contributed by atoms with E-state index in [4.69, 9.17) is 0 Å². The van der Waals surface area contributed by atoms with Gasteiger partial charge in [0.1, 0.15) is 11.5 Å². The lowest BCUT2D eigenvalue weighted by Crippen LogP contribution is -2.22. The molecule has 0 saturated carbocycles. The zero-order valence-electron chi connectivity index (χ0n) is 17.7. The first-order chi connectivity index (χ1) is 15.6. The second kappa shape index (κ2) is 8.36. The molecule has 0 unspecified atom stereocenters. The van der Waals surface area contributed by atoms with Crippen molar-refractivity contribution in [1.82, 2.24) is 30.5 Å². The molecule has 0 radical (unpaired) electrons. The van der Waals surface area contributed by atoms with Gasteiger partial charge in [-0.25, -0.2) is 14.4 Å². The van der Waals surface area contributed by atoms with Crippen LogP contribution >= 0.6 is 0 Å². The monoisotopic (exact) mass is 426 g/mol. The number of aromatic amines is 2. The van der Waals surface area contributed by atoms with Gasteiger partial charge in [0.05, 0.1) is 10.9 Å². The van der Waals surface area contributed by atoms with Crippen LogP contribution in [0, 0.1) is 5.82 Å². The van der Waals surface area contributed by atoms with Gasteiger partial charge in [0, 0.05) is 23.5 Å². The molecular formula is C25H23FN6. The van der Waals surface area contributed by atoms with Crippen LogP contribution in [0.1, 0.15) is 13.3 Å². The summed E-state index contributed by atoms with van der Waals surface area (Å²) in [6, 6.07) is 8.25. The second-order valence-corrected chi connectivity index (χ2v) is 7.81. The minimum absolute atomic E-state index is 0.271. The molecule has 6 nitrogen and oxygen atoms in total. The lowest BCUT2D eigenvalue weighted by atomic mass is 10.0. The van der Waals surface area contributed by atoms with Crippen LogP contribution in [0.2, 0.25) is 0 Å². The molecule has 1 aliphatic heterocycles. The first-order valence-electron chi connectivity index (χ1n) is 10.5. The Hall–Kier alpha value is -3.84. The number of rotatable bonds is 4. The molecular weight excluding hydrogens is 403 g/mol. The Morgan fingerprint density at radius 3 is 2.81 bits per heavy atom. The predicted molar refractivity (Wildman–Crippen MR) is 125 cm³/mol. The third kappa shape index (κ3) is 3.78. The van der Waals surface area contributed by atoms with E-state index >= 15 is 0 Å². The van der Waals surface area contributed by atoms with Crippen LogP contribution in [-0.2, 0) is 0 Å². The fraction of sp³-hybridized carbons (Fsp3) is 0.160. The van der Waals surface area contributed by atoms with Crippen LogP contribution in [0.3, 0.4) is 0 Å². The average molecular weight is 426 g/mol. The van der Waals surface area contributed by atoms with Gasteiger partial charge in [-0.1, -0.05) is 30.9 Å². The average Bonchev–Trinajstić information content (AvgIpc) is 3.41. The first-order valence-corrected chi connectivity index (χ1v) is 10.5. The Labute approximate surface area is 184 Å². The lowest BCUT2D eigenvalue weighted by molar-refractivity contribution is 0.628. The van der Waals surface area contributed by atoms with Gasteiger partial charge in [0.2, 0.25) is 0 Å². The van der Waals surface area contributed by atoms with Gasteiger partial charge >= 0.3 is 0 Å². The summed E-state index contributed by atoms with van der Waals surface area (Å²) in [5.74, 6) is 0.316. The van der Waals surface area contributed by atoms with E-state index in [1.165, 1.54) is 23.3 Å². The SMILES string of the molecule is C=c1c(-c2nc3nccc(-c4ccc(F)cc4)c3[nH]2)n[nH]/c1=C/C=C(\C)C1=CCNCC1. The number of H-pyrrole nitrogens is 2. The lowest BCUT2D eigenvalue weighted by Gasteiger charge is -2.13. The largest absolute Gasteiger partial charge is 0.335 e. The van der Waals surface area contributed by atoms with Gasteiger partial charge in [0.25, 0.3) is 0 Å². The fourth-order valence-electron chi connectivity index (χ4n) is 3.90. The number of imidazole rings is 1. The maximum atomic E-state index is 13.3. The summed E-state index contributed by atoms with van der Waals surface area (Å²) in [5, 5.41) is 12.4. The van der Waals surface area contributed by atoms with Crippen LogP contribution < -0.4 is 15.9 Å². The van der Waals surface area contributed by atoms with E-state index in [2.05, 4.69) is 56.1 Å². The van der Waals surface area contributed by atoms with Crippen LogP contribution in [0.5, 0.6) is 0 Å². The second-order valence-electron chi connectivity index (χ2n) is 7.81. The molecule has 3 aromatic heterocycles. The highest BCUT2D eigenvalue weighted by Gasteiger charge is 2.14. The van der Waals surface area contributed by atoms with E-state index in [1.54, 1.807) is 18.3 Å². The minimum atomic E-state index is -0.271. The summed E-state index contributed by atoms with van der Waals surface area (Å²) in [6.07, 6.45) is 9.05. The van der Waals surface area contributed by atoms with Crippen molar-refractivity contribution in [2.75, 3.05) is 13.1 Å². The van der Waals surface area contributed by atoms with Gasteiger partial charge < -0.3 is 10.3 Å². The van der Waals surface area contributed by atoms with Crippen molar-refractivity contribution in [3.63, 3.8) is 0 Å². The van der Waals surface area contributed by atoms with Gasteiger partial charge in [-0.3, -0.25) is 5.10 Å². The van der Waals surface area contributed by atoms with Crippen LogP contribution in [-0.4, -0.2) is 38.2 Å². The number of benzene rings is 1. The molecule has 7 heteroatoms. The van der Waals surface area contributed by atoms with Gasteiger partial charge in [-0.15, -0.1) is 0 Å². The maximum Gasteiger partial charge on any atom is 0.178 e. The van der Waals surface area contributed by atoms with Crippen molar-refractivity contribution in [1.29, 1.82) is 0 Å². The Bertz CT molecular complexity index is 1460. The minimum Gasteiger partial charge on any atom is -0.335 e. The molecule has 0 spiro atoms. The standard InChI is InChI=1S/C25H23FN6/c1-15(17-9-12-27-13-10-17)3-8-21-16(2)22(32-31-21)25-29-23-20(11-14-28-24(23)30-25)18-4-6-19(26)7-5-18/h3-9,11,14,27,31H,2,10,12-13H2,1H3,(H,28,29,30)/b15-3+,21-8+. The van der Waals surface area contributed by atoms with Crippen LogP contribution in [0.25, 0.3) is 46.5 Å². The Morgan fingerprint density at radius 1 is 1.19 bits per heavy atom. The molecule has 4 heterocycles. The molecule has 4 aromatic rings. The zero-order valence-corrected chi connectivity index (χ0v) is 17.7. The highest BCUT2D eigenvalue weighted by Crippen LogP contribution is 2.27. The summed E-state index contributed by atoms with van der Waals surface area (Å²) >= 11 is 0. The van der Waals surface area contributed by atoms with Gasteiger partial charge in [-0.05, 0) is 60.9 Å². The number of nitrogens with zero attached hydrogens (tertiary/aromatic N) is 3. The van der Waals surface area contributed by atoms with E-state index in [0.717, 1.165) is 46.7 Å². The highest BCUT2D eigenvalue weighted by molar-refractivity contribution is 5.91.